The van der Waals surface area contributed by atoms with Crippen molar-refractivity contribution in [1.29, 1.82) is 0 Å². The number of aromatic hydroxyl groups is 2. The van der Waals surface area contributed by atoms with Crippen molar-refractivity contribution < 1.29 is 15.1 Å². The van der Waals surface area contributed by atoms with Crippen LogP contribution in [0.1, 0.15) is 5.56 Å². The first-order valence-corrected chi connectivity index (χ1v) is 3.92. The lowest BCUT2D eigenvalue weighted by atomic mass is 10.2. The largest absolute Gasteiger partial charge is 0.722 e. The molecule has 0 atom stereocenters. The maximum absolute atomic E-state index is 10.8. The summed E-state index contributed by atoms with van der Waals surface area (Å²) in [5, 5.41) is 32.4. The van der Waals surface area contributed by atoms with Crippen molar-refractivity contribution >= 4 is 12.2 Å². The molecule has 0 amide bonds. The summed E-state index contributed by atoms with van der Waals surface area (Å²) in [6.07, 6.45) is 1.07. The molecule has 80 valence electrons. The molecular formula is C8H10N4O3. The Balaban J connectivity index is 2.95. The third-order valence-electron chi connectivity index (χ3n) is 1.54. The highest BCUT2D eigenvalue weighted by atomic mass is 16.5. The summed E-state index contributed by atoms with van der Waals surface area (Å²) in [6, 6.07) is 3.84. The molecule has 7 nitrogen and oxygen atoms in total. The lowest BCUT2D eigenvalue weighted by Crippen LogP contribution is -2.30. The van der Waals surface area contributed by atoms with Crippen LogP contribution in [0.5, 0.6) is 11.5 Å². The second-order valence-electron chi connectivity index (χ2n) is 2.69. The van der Waals surface area contributed by atoms with Crippen LogP contribution in [0.4, 0.5) is 0 Å². The molecule has 0 aliphatic heterocycles. The molecule has 0 spiro atoms. The Morgan fingerprint density at radius 2 is 2.07 bits per heavy atom. The molecule has 0 saturated carbocycles. The van der Waals surface area contributed by atoms with Crippen molar-refractivity contribution in [3.8, 4) is 11.5 Å². The van der Waals surface area contributed by atoms with Crippen LogP contribution < -0.4 is 11.5 Å². The topological polar surface area (TPSA) is 131 Å². The number of nitrogens with zero attached hydrogens (tertiary/aromatic N) is 2. The Morgan fingerprint density at radius 3 is 2.60 bits per heavy atom. The predicted octanol–water partition coefficient (Wildman–Crippen LogP) is -0.785. The average Bonchev–Trinajstić information content (AvgIpc) is 2.15. The number of rotatable bonds is 2. The number of guanidine groups is 1. The fourth-order valence-corrected chi connectivity index (χ4v) is 0.823. The third-order valence-corrected chi connectivity index (χ3v) is 1.54. The zero-order valence-electron chi connectivity index (χ0n) is 7.66. The molecule has 6 N–H and O–H groups in total. The monoisotopic (exact) mass is 210 g/mol. The van der Waals surface area contributed by atoms with Crippen LogP contribution in [-0.4, -0.2) is 27.2 Å². The van der Waals surface area contributed by atoms with E-state index in [0.717, 1.165) is 12.3 Å². The van der Waals surface area contributed by atoms with E-state index in [-0.39, 0.29) is 21.9 Å². The Hall–Kier alpha value is -2.44. The standard InChI is InChI=1S/C8H10N4O3/c9-8(10)12(15)11-4-5-1-2-6(13)3-7(5)14/h1-4,13-14H,9-10H2. The highest BCUT2D eigenvalue weighted by Crippen LogP contribution is 2.20. The Kier molecular flexibility index (Phi) is 2.97. The zero-order chi connectivity index (χ0) is 11.4. The van der Waals surface area contributed by atoms with E-state index in [0.29, 0.717) is 0 Å². The Labute approximate surface area is 85.1 Å². The van der Waals surface area contributed by atoms with Gasteiger partial charge in [0.25, 0.3) is 0 Å². The SMILES string of the molecule is NC(N)=[N+]([O-])N=Cc1ccc(O)cc1O. The molecule has 0 aliphatic carbocycles. The van der Waals surface area contributed by atoms with Crippen LogP contribution >= 0.6 is 0 Å². The molecule has 0 unspecified atom stereocenters. The smallest absolute Gasteiger partial charge is 0.366 e. The van der Waals surface area contributed by atoms with Crippen LogP contribution in [0.25, 0.3) is 0 Å². The number of hydrogen-bond acceptors (Lipinski definition) is 4. The van der Waals surface area contributed by atoms with Gasteiger partial charge in [0.2, 0.25) is 0 Å². The van der Waals surface area contributed by atoms with Gasteiger partial charge < -0.3 is 15.4 Å². The molecule has 7 heteroatoms. The normalized spacial score (nSPS) is 10.4. The average molecular weight is 210 g/mol. The van der Waals surface area contributed by atoms with E-state index in [4.69, 9.17) is 16.6 Å². The Bertz CT molecular complexity index is 424. The molecule has 1 aromatic carbocycles. The predicted molar refractivity (Wildman–Crippen MR) is 54.4 cm³/mol. The van der Waals surface area contributed by atoms with Crippen LogP contribution in [-0.2, 0) is 0 Å². The quantitative estimate of drug-likeness (QED) is 0.167. The van der Waals surface area contributed by atoms with Crippen molar-refractivity contribution in [2.75, 3.05) is 0 Å². The van der Waals surface area contributed by atoms with Crippen LogP contribution in [0.3, 0.4) is 0 Å². The van der Waals surface area contributed by atoms with Crippen molar-refractivity contribution in [3.63, 3.8) is 0 Å². The second-order valence-corrected chi connectivity index (χ2v) is 2.69. The molecule has 0 aliphatic rings. The van der Waals surface area contributed by atoms with E-state index >= 15 is 0 Å². The van der Waals surface area contributed by atoms with Crippen molar-refractivity contribution in [2.24, 2.45) is 16.6 Å². The summed E-state index contributed by atoms with van der Waals surface area (Å²) in [7, 11) is 0. The lowest BCUT2D eigenvalue weighted by Gasteiger charge is -2.03. The number of hydrogen-bond donors (Lipinski definition) is 4. The first kappa shape index (κ1) is 10.6. The van der Waals surface area contributed by atoms with Crippen LogP contribution in [0, 0.1) is 5.21 Å². The summed E-state index contributed by atoms with van der Waals surface area (Å²) >= 11 is 0. The molecule has 0 aromatic heterocycles. The Morgan fingerprint density at radius 1 is 1.40 bits per heavy atom. The van der Waals surface area contributed by atoms with Gasteiger partial charge in [-0.2, -0.15) is 0 Å². The van der Waals surface area contributed by atoms with E-state index in [2.05, 4.69) is 5.10 Å². The fraction of sp³-hybridized carbons (Fsp3) is 0. The highest BCUT2D eigenvalue weighted by Gasteiger charge is 1.99. The molecule has 15 heavy (non-hydrogen) atoms. The van der Waals surface area contributed by atoms with Gasteiger partial charge in [-0.25, -0.2) is 0 Å². The van der Waals surface area contributed by atoms with Gasteiger partial charge >= 0.3 is 5.96 Å². The second kappa shape index (κ2) is 4.18. The van der Waals surface area contributed by atoms with Gasteiger partial charge in [0.05, 0.1) is 6.21 Å². The minimum atomic E-state index is -0.510. The zero-order valence-corrected chi connectivity index (χ0v) is 7.66. The summed E-state index contributed by atoms with van der Waals surface area (Å²) in [5.41, 5.74) is 10.2. The molecule has 0 fully saturated rings. The minimum absolute atomic E-state index is 0.00625. The molecule has 1 aromatic rings. The highest BCUT2D eigenvalue weighted by molar-refractivity contribution is 5.83. The summed E-state index contributed by atoms with van der Waals surface area (Å²) in [4.78, 5) is 0.00625. The third kappa shape index (κ3) is 2.76. The van der Waals surface area contributed by atoms with Crippen LogP contribution in [0.15, 0.2) is 23.3 Å². The first-order chi connectivity index (χ1) is 7.00. The number of phenolic OH excluding ortho intramolecular Hbond substituents is 2. The number of phenols is 2. The molecule has 0 bridgehead atoms. The maximum atomic E-state index is 10.8. The molecule has 0 heterocycles. The number of benzene rings is 1. The number of hydrazone groups is 1. The van der Waals surface area contributed by atoms with Gasteiger partial charge in [-0.1, -0.05) is 0 Å². The van der Waals surface area contributed by atoms with Crippen molar-refractivity contribution in [2.45, 2.75) is 0 Å². The lowest BCUT2D eigenvalue weighted by molar-refractivity contribution is -0.463. The van der Waals surface area contributed by atoms with E-state index in [9.17, 15) is 10.3 Å². The van der Waals surface area contributed by atoms with Gasteiger partial charge in [0.1, 0.15) is 11.5 Å². The molecular weight excluding hydrogens is 200 g/mol. The summed E-state index contributed by atoms with van der Waals surface area (Å²) in [6.45, 7) is 0. The van der Waals surface area contributed by atoms with Gasteiger partial charge in [0.15, 0.2) is 0 Å². The van der Waals surface area contributed by atoms with Gasteiger partial charge in [0, 0.05) is 11.6 Å². The van der Waals surface area contributed by atoms with E-state index in [1.807, 2.05) is 0 Å². The fourth-order valence-electron chi connectivity index (χ4n) is 0.823. The minimum Gasteiger partial charge on any atom is -0.722 e. The summed E-state index contributed by atoms with van der Waals surface area (Å²) < 4.78 is 0. The van der Waals surface area contributed by atoms with Gasteiger partial charge in [-0.15, -0.1) is 9.95 Å². The summed E-state index contributed by atoms with van der Waals surface area (Å²) in [5.74, 6) is -0.805. The molecule has 0 radical (unpaired) electrons. The van der Waals surface area contributed by atoms with E-state index < -0.39 is 5.96 Å². The number of nitrogens with two attached hydrogens (primary N) is 2. The van der Waals surface area contributed by atoms with Crippen LogP contribution in [0.2, 0.25) is 0 Å². The van der Waals surface area contributed by atoms with Crippen molar-refractivity contribution in [1.82, 2.24) is 0 Å². The van der Waals surface area contributed by atoms with Crippen molar-refractivity contribution in [3.05, 3.63) is 29.0 Å². The van der Waals surface area contributed by atoms with E-state index in [1.54, 1.807) is 0 Å². The molecule has 1 rings (SSSR count). The maximum Gasteiger partial charge on any atom is 0.366 e. The van der Waals surface area contributed by atoms with Gasteiger partial charge in [-0.3, -0.25) is 11.5 Å². The first-order valence-electron chi connectivity index (χ1n) is 3.92. The van der Waals surface area contributed by atoms with E-state index in [1.165, 1.54) is 12.1 Å². The van der Waals surface area contributed by atoms with Gasteiger partial charge in [-0.05, 0) is 12.1 Å². The molecule has 0 saturated heterocycles.